The monoisotopic (exact) mass is 479 g/mol. The standard InChI is InChI=1S/C34H29N3/c1-24-11-10-17-30-29-16-8-9-18-33(29)37(34(24)30)28-21-19-27(20-22-28)36-32(26-14-6-3-7-15-26)23-31(35)25-12-4-2-5-13-25/h2-10,12-24,35-36H,11H2,1H3/b32-23-,35-31?. The Labute approximate surface area is 217 Å². The van der Waals surface area contributed by atoms with Gasteiger partial charge in [0.15, 0.2) is 0 Å². The molecule has 1 aliphatic carbocycles. The van der Waals surface area contributed by atoms with Crippen LogP contribution in [-0.2, 0) is 0 Å². The Balaban J connectivity index is 1.36. The average molecular weight is 480 g/mol. The van der Waals surface area contributed by atoms with E-state index in [4.69, 9.17) is 5.41 Å². The fraction of sp³-hybridized carbons (Fsp3) is 0.0882. The van der Waals surface area contributed by atoms with Crippen LogP contribution in [0.3, 0.4) is 0 Å². The fourth-order valence-corrected chi connectivity index (χ4v) is 5.23. The molecule has 0 spiro atoms. The summed E-state index contributed by atoms with van der Waals surface area (Å²) in [6.07, 6.45) is 7.54. The minimum Gasteiger partial charge on any atom is -0.355 e. The minimum absolute atomic E-state index is 0.460. The highest BCUT2D eigenvalue weighted by Gasteiger charge is 2.23. The molecular weight excluding hydrogens is 450 g/mol. The van der Waals surface area contributed by atoms with E-state index in [-0.39, 0.29) is 0 Å². The number of benzene rings is 4. The lowest BCUT2D eigenvalue weighted by atomic mass is 9.93. The Morgan fingerprint density at radius 2 is 1.46 bits per heavy atom. The van der Waals surface area contributed by atoms with Gasteiger partial charge in [-0.05, 0) is 54.0 Å². The molecule has 1 heterocycles. The molecule has 1 aromatic heterocycles. The van der Waals surface area contributed by atoms with Gasteiger partial charge in [-0.1, -0.05) is 97.9 Å². The number of allylic oxidation sites excluding steroid dienone is 2. The number of fused-ring (bicyclic) bond motifs is 3. The summed E-state index contributed by atoms with van der Waals surface area (Å²) in [7, 11) is 0. The van der Waals surface area contributed by atoms with E-state index in [1.165, 1.54) is 22.2 Å². The van der Waals surface area contributed by atoms with Gasteiger partial charge >= 0.3 is 0 Å². The highest BCUT2D eigenvalue weighted by atomic mass is 15.0. The van der Waals surface area contributed by atoms with Crippen molar-refractivity contribution in [1.29, 1.82) is 5.41 Å². The van der Waals surface area contributed by atoms with Crippen molar-refractivity contribution in [3.8, 4) is 5.69 Å². The Morgan fingerprint density at radius 3 is 2.19 bits per heavy atom. The van der Waals surface area contributed by atoms with Crippen molar-refractivity contribution in [2.24, 2.45) is 0 Å². The summed E-state index contributed by atoms with van der Waals surface area (Å²) in [5.74, 6) is 0.460. The van der Waals surface area contributed by atoms with Crippen LogP contribution in [0.1, 0.15) is 41.6 Å². The van der Waals surface area contributed by atoms with Gasteiger partial charge in [0, 0.05) is 39.6 Å². The number of aromatic nitrogens is 1. The van der Waals surface area contributed by atoms with Crippen LogP contribution in [0.5, 0.6) is 0 Å². The molecule has 1 aliphatic rings. The first-order valence-corrected chi connectivity index (χ1v) is 12.8. The Kier molecular flexibility index (Phi) is 6.03. The molecule has 6 rings (SSSR count). The summed E-state index contributed by atoms with van der Waals surface area (Å²) in [5.41, 5.74) is 9.40. The third-order valence-corrected chi connectivity index (χ3v) is 7.06. The van der Waals surface area contributed by atoms with Gasteiger partial charge in [-0.15, -0.1) is 0 Å². The first kappa shape index (κ1) is 22.8. The van der Waals surface area contributed by atoms with Gasteiger partial charge < -0.3 is 15.3 Å². The zero-order valence-corrected chi connectivity index (χ0v) is 20.9. The van der Waals surface area contributed by atoms with Crippen molar-refractivity contribution < 1.29 is 0 Å². The van der Waals surface area contributed by atoms with Crippen molar-refractivity contribution in [1.82, 2.24) is 4.57 Å². The molecule has 0 aliphatic heterocycles. The molecule has 3 heteroatoms. The molecule has 3 nitrogen and oxygen atoms in total. The summed E-state index contributed by atoms with van der Waals surface area (Å²) in [5, 5.41) is 13.5. The third-order valence-electron chi connectivity index (χ3n) is 7.06. The van der Waals surface area contributed by atoms with Gasteiger partial charge in [0.25, 0.3) is 0 Å². The molecule has 0 saturated heterocycles. The van der Waals surface area contributed by atoms with Gasteiger partial charge in [0.05, 0.1) is 11.2 Å². The van der Waals surface area contributed by atoms with E-state index >= 15 is 0 Å². The van der Waals surface area contributed by atoms with E-state index in [9.17, 15) is 0 Å². The van der Waals surface area contributed by atoms with Crippen molar-refractivity contribution >= 4 is 34.1 Å². The zero-order chi connectivity index (χ0) is 25.2. The maximum absolute atomic E-state index is 8.66. The molecule has 0 amide bonds. The largest absolute Gasteiger partial charge is 0.355 e. The van der Waals surface area contributed by atoms with E-state index < -0.39 is 0 Å². The van der Waals surface area contributed by atoms with E-state index in [2.05, 4.69) is 89.6 Å². The number of anilines is 1. The lowest BCUT2D eigenvalue weighted by molar-refractivity contribution is 0.723. The van der Waals surface area contributed by atoms with Crippen molar-refractivity contribution in [2.75, 3.05) is 5.32 Å². The molecule has 37 heavy (non-hydrogen) atoms. The molecule has 1 atom stereocenters. The quantitative estimate of drug-likeness (QED) is 0.235. The van der Waals surface area contributed by atoms with Crippen LogP contribution in [0.25, 0.3) is 28.4 Å². The molecule has 5 aromatic rings. The summed E-state index contributed by atoms with van der Waals surface area (Å²) in [6, 6.07) is 37.3. The van der Waals surface area contributed by atoms with E-state index in [0.29, 0.717) is 11.6 Å². The molecule has 0 fully saturated rings. The van der Waals surface area contributed by atoms with Crippen LogP contribution < -0.4 is 5.32 Å². The van der Waals surface area contributed by atoms with Crippen LogP contribution in [0.15, 0.2) is 121 Å². The second-order valence-electron chi connectivity index (χ2n) is 9.57. The second kappa shape index (κ2) is 9.79. The van der Waals surface area contributed by atoms with Gasteiger partial charge in [0.2, 0.25) is 0 Å². The predicted octanol–water partition coefficient (Wildman–Crippen LogP) is 8.67. The average Bonchev–Trinajstić information content (AvgIpc) is 3.30. The molecule has 180 valence electrons. The van der Waals surface area contributed by atoms with Crippen molar-refractivity contribution in [3.63, 3.8) is 0 Å². The van der Waals surface area contributed by atoms with Crippen LogP contribution in [-0.4, -0.2) is 10.3 Å². The van der Waals surface area contributed by atoms with Crippen LogP contribution in [0, 0.1) is 5.41 Å². The number of hydrogen-bond donors (Lipinski definition) is 2. The molecule has 2 N–H and O–H groups in total. The zero-order valence-electron chi connectivity index (χ0n) is 20.9. The van der Waals surface area contributed by atoms with Crippen LogP contribution in [0.4, 0.5) is 5.69 Å². The number of nitrogens with one attached hydrogen (secondary N) is 2. The third kappa shape index (κ3) is 4.41. The first-order valence-electron chi connectivity index (χ1n) is 12.8. The van der Waals surface area contributed by atoms with Crippen molar-refractivity contribution in [3.05, 3.63) is 144 Å². The highest BCUT2D eigenvalue weighted by Crippen LogP contribution is 2.39. The van der Waals surface area contributed by atoms with Crippen LogP contribution in [0.2, 0.25) is 0 Å². The molecule has 0 saturated carbocycles. The topological polar surface area (TPSA) is 40.8 Å². The molecule has 0 radical (unpaired) electrons. The predicted molar refractivity (Wildman–Crippen MR) is 157 cm³/mol. The Morgan fingerprint density at radius 1 is 0.811 bits per heavy atom. The van der Waals surface area contributed by atoms with E-state index in [1.807, 2.05) is 54.6 Å². The van der Waals surface area contributed by atoms with Gasteiger partial charge in [-0.2, -0.15) is 0 Å². The lowest BCUT2D eigenvalue weighted by Gasteiger charge is -2.20. The SMILES string of the molecule is CC1CC=Cc2c1n(-c1ccc(N/C(=C\C(=N)c3ccccc3)c3ccccc3)cc1)c1ccccc21. The summed E-state index contributed by atoms with van der Waals surface area (Å²) in [4.78, 5) is 0. The highest BCUT2D eigenvalue weighted by molar-refractivity contribution is 6.11. The summed E-state index contributed by atoms with van der Waals surface area (Å²) < 4.78 is 2.42. The number of rotatable bonds is 6. The van der Waals surface area contributed by atoms with Gasteiger partial charge in [0.1, 0.15) is 0 Å². The maximum atomic E-state index is 8.66. The molecular formula is C34H29N3. The van der Waals surface area contributed by atoms with E-state index in [1.54, 1.807) is 0 Å². The van der Waals surface area contributed by atoms with E-state index in [0.717, 1.165) is 34.6 Å². The van der Waals surface area contributed by atoms with Crippen LogP contribution >= 0.6 is 0 Å². The molecule has 0 bridgehead atoms. The van der Waals surface area contributed by atoms with Gasteiger partial charge in [-0.25, -0.2) is 0 Å². The summed E-state index contributed by atoms with van der Waals surface area (Å²) >= 11 is 0. The second-order valence-corrected chi connectivity index (χ2v) is 9.57. The minimum atomic E-state index is 0.460. The molecule has 4 aromatic carbocycles. The first-order chi connectivity index (χ1) is 18.2. The maximum Gasteiger partial charge on any atom is 0.0633 e. The number of nitrogens with zero attached hydrogens (tertiary/aromatic N) is 1. The fourth-order valence-electron chi connectivity index (χ4n) is 5.23. The smallest absolute Gasteiger partial charge is 0.0633 e. The van der Waals surface area contributed by atoms with Crippen molar-refractivity contribution in [2.45, 2.75) is 19.3 Å². The summed E-state index contributed by atoms with van der Waals surface area (Å²) in [6.45, 7) is 2.31. The Bertz CT molecular complexity index is 1620. The molecule has 1 unspecified atom stereocenters. The van der Waals surface area contributed by atoms with Gasteiger partial charge in [-0.3, -0.25) is 0 Å². The Hall–Kier alpha value is -4.63. The lowest BCUT2D eigenvalue weighted by Crippen LogP contribution is -2.07. The normalized spacial score (nSPS) is 14.9. The number of para-hydroxylation sites is 1. The number of hydrogen-bond acceptors (Lipinski definition) is 2.